The third-order valence-corrected chi connectivity index (χ3v) is 3.29. The molecule has 0 aliphatic carbocycles. The lowest BCUT2D eigenvalue weighted by atomic mass is 10.1. The zero-order valence-corrected chi connectivity index (χ0v) is 10.2. The van der Waals surface area contributed by atoms with Crippen molar-refractivity contribution in [2.75, 3.05) is 32.3 Å². The minimum absolute atomic E-state index is 0.438. The van der Waals surface area contributed by atoms with Crippen LogP contribution in [0.1, 0.15) is 11.6 Å². The zero-order valence-electron chi connectivity index (χ0n) is 9.40. The van der Waals surface area contributed by atoms with Gasteiger partial charge in [0.15, 0.2) is 0 Å². The van der Waals surface area contributed by atoms with Gasteiger partial charge in [0.25, 0.3) is 0 Å². The van der Waals surface area contributed by atoms with Crippen molar-refractivity contribution in [1.29, 1.82) is 0 Å². The lowest BCUT2D eigenvalue weighted by molar-refractivity contribution is 0.218. The van der Waals surface area contributed by atoms with Crippen molar-refractivity contribution in [3.05, 3.63) is 35.9 Å². The first kappa shape index (κ1) is 12.6. The van der Waals surface area contributed by atoms with E-state index in [0.717, 1.165) is 18.1 Å². The third-order valence-electron chi connectivity index (χ3n) is 2.27. The summed E-state index contributed by atoms with van der Waals surface area (Å²) in [6, 6.07) is 11.0. The highest BCUT2D eigenvalue weighted by molar-refractivity contribution is 7.99. The average Bonchev–Trinajstić information content (AvgIpc) is 2.30. The maximum atomic E-state index is 5.02. The molecule has 0 aromatic heterocycles. The van der Waals surface area contributed by atoms with Crippen molar-refractivity contribution in [3.63, 3.8) is 0 Å². The van der Waals surface area contributed by atoms with E-state index >= 15 is 0 Å². The molecule has 0 aliphatic heterocycles. The highest BCUT2D eigenvalue weighted by Crippen LogP contribution is 2.17. The van der Waals surface area contributed by atoms with Crippen LogP contribution in [-0.2, 0) is 4.74 Å². The van der Waals surface area contributed by atoms with E-state index in [2.05, 4.69) is 29.6 Å². The molecule has 1 atom stereocenters. The van der Waals surface area contributed by atoms with Gasteiger partial charge in [-0.2, -0.15) is 11.8 Å². The molecule has 0 heterocycles. The molecule has 1 rings (SSSR count). The second kappa shape index (κ2) is 7.74. The quantitative estimate of drug-likeness (QED) is 0.720. The summed E-state index contributed by atoms with van der Waals surface area (Å²) in [4.78, 5) is 0. The predicted octanol–water partition coefficient (Wildman–Crippen LogP) is 2.33. The molecule has 3 heteroatoms. The molecule has 2 nitrogen and oxygen atoms in total. The Hall–Kier alpha value is -0.510. The van der Waals surface area contributed by atoms with Gasteiger partial charge in [-0.15, -0.1) is 0 Å². The van der Waals surface area contributed by atoms with Crippen molar-refractivity contribution in [2.24, 2.45) is 0 Å². The van der Waals surface area contributed by atoms with Gasteiger partial charge in [-0.1, -0.05) is 30.3 Å². The van der Waals surface area contributed by atoms with E-state index in [4.69, 9.17) is 4.74 Å². The van der Waals surface area contributed by atoms with Crippen LogP contribution in [0.2, 0.25) is 0 Å². The summed E-state index contributed by atoms with van der Waals surface area (Å²) in [5, 5.41) is 3.33. The first-order valence-electron chi connectivity index (χ1n) is 5.17. The number of methoxy groups -OCH3 is 1. The lowest BCUT2D eigenvalue weighted by Gasteiger charge is -2.15. The van der Waals surface area contributed by atoms with Gasteiger partial charge in [-0.3, -0.25) is 0 Å². The zero-order chi connectivity index (χ0) is 10.9. The maximum absolute atomic E-state index is 5.02. The van der Waals surface area contributed by atoms with Gasteiger partial charge in [0.2, 0.25) is 0 Å². The molecule has 0 bridgehead atoms. The van der Waals surface area contributed by atoms with E-state index in [9.17, 15) is 0 Å². The topological polar surface area (TPSA) is 21.3 Å². The second-order valence-electron chi connectivity index (χ2n) is 3.32. The molecule has 84 valence electrons. The number of hydrogen-bond donors (Lipinski definition) is 1. The van der Waals surface area contributed by atoms with Crippen LogP contribution in [0.15, 0.2) is 30.3 Å². The molecular weight excluding hydrogens is 206 g/mol. The molecule has 0 saturated heterocycles. The Morgan fingerprint density at radius 3 is 2.67 bits per heavy atom. The van der Waals surface area contributed by atoms with E-state index in [1.54, 1.807) is 7.11 Å². The Kier molecular flexibility index (Phi) is 6.48. The molecule has 1 unspecified atom stereocenters. The lowest BCUT2D eigenvalue weighted by Crippen LogP contribution is -2.19. The van der Waals surface area contributed by atoms with Crippen LogP contribution in [0, 0.1) is 0 Å². The Bertz CT molecular complexity index is 253. The van der Waals surface area contributed by atoms with Crippen LogP contribution in [-0.4, -0.2) is 32.3 Å². The number of nitrogens with one attached hydrogen (secondary N) is 1. The first-order chi connectivity index (χ1) is 7.38. The molecule has 0 aliphatic rings. The van der Waals surface area contributed by atoms with Crippen molar-refractivity contribution < 1.29 is 4.74 Å². The fraction of sp³-hybridized carbons (Fsp3) is 0.500. The fourth-order valence-corrected chi connectivity index (χ4v) is 2.42. The standard InChI is InChI=1S/C12H19NOS/c1-13-12(10-15-9-8-14-2)11-6-4-3-5-7-11/h3-7,12-13H,8-10H2,1-2H3. The van der Waals surface area contributed by atoms with Gasteiger partial charge >= 0.3 is 0 Å². The van der Waals surface area contributed by atoms with Crippen molar-refractivity contribution in [2.45, 2.75) is 6.04 Å². The number of hydrogen-bond acceptors (Lipinski definition) is 3. The summed E-state index contributed by atoms with van der Waals surface area (Å²) in [5.41, 5.74) is 1.35. The fourth-order valence-electron chi connectivity index (χ4n) is 1.38. The number of ether oxygens (including phenoxy) is 1. The van der Waals surface area contributed by atoms with Crippen LogP contribution < -0.4 is 5.32 Å². The van der Waals surface area contributed by atoms with E-state index in [1.165, 1.54) is 5.56 Å². The summed E-state index contributed by atoms with van der Waals surface area (Å²) < 4.78 is 5.02. The number of rotatable bonds is 7. The van der Waals surface area contributed by atoms with Crippen LogP contribution >= 0.6 is 11.8 Å². The minimum Gasteiger partial charge on any atom is -0.384 e. The normalized spacial score (nSPS) is 12.7. The second-order valence-corrected chi connectivity index (χ2v) is 4.47. The van der Waals surface area contributed by atoms with E-state index in [0.29, 0.717) is 6.04 Å². The molecule has 15 heavy (non-hydrogen) atoms. The molecule has 0 fully saturated rings. The van der Waals surface area contributed by atoms with Gasteiger partial charge < -0.3 is 10.1 Å². The van der Waals surface area contributed by atoms with Gasteiger partial charge in [0, 0.05) is 24.7 Å². The van der Waals surface area contributed by atoms with Crippen molar-refractivity contribution in [1.82, 2.24) is 5.32 Å². The third kappa shape index (κ3) is 4.69. The van der Waals surface area contributed by atoms with Crippen molar-refractivity contribution in [3.8, 4) is 0 Å². The first-order valence-corrected chi connectivity index (χ1v) is 6.33. The summed E-state index contributed by atoms with van der Waals surface area (Å²) in [6.45, 7) is 0.829. The molecular formula is C12H19NOS. The Balaban J connectivity index is 2.36. The molecule has 0 saturated carbocycles. The number of benzene rings is 1. The maximum Gasteiger partial charge on any atom is 0.0552 e. The van der Waals surface area contributed by atoms with Gasteiger partial charge in [0.1, 0.15) is 0 Å². The molecule has 0 amide bonds. The van der Waals surface area contributed by atoms with Crippen LogP contribution in [0.25, 0.3) is 0 Å². The molecule has 1 aromatic rings. The Morgan fingerprint density at radius 1 is 1.33 bits per heavy atom. The number of thioether (sulfide) groups is 1. The molecule has 0 spiro atoms. The average molecular weight is 225 g/mol. The predicted molar refractivity (Wildman–Crippen MR) is 67.4 cm³/mol. The highest BCUT2D eigenvalue weighted by Gasteiger charge is 2.07. The van der Waals surface area contributed by atoms with Gasteiger partial charge in [-0.25, -0.2) is 0 Å². The Morgan fingerprint density at radius 2 is 2.07 bits per heavy atom. The van der Waals surface area contributed by atoms with E-state index < -0.39 is 0 Å². The molecule has 1 N–H and O–H groups in total. The summed E-state index contributed by atoms with van der Waals surface area (Å²) in [7, 11) is 3.75. The summed E-state index contributed by atoms with van der Waals surface area (Å²) in [6.07, 6.45) is 0. The van der Waals surface area contributed by atoms with Crippen LogP contribution in [0.4, 0.5) is 0 Å². The highest BCUT2D eigenvalue weighted by atomic mass is 32.2. The summed E-state index contributed by atoms with van der Waals surface area (Å²) >= 11 is 1.92. The SMILES string of the molecule is CNC(CSCCOC)c1ccccc1. The van der Waals surface area contributed by atoms with Crippen molar-refractivity contribution >= 4 is 11.8 Å². The molecule has 0 radical (unpaired) electrons. The molecule has 1 aromatic carbocycles. The smallest absolute Gasteiger partial charge is 0.0552 e. The van der Waals surface area contributed by atoms with Crippen LogP contribution in [0.5, 0.6) is 0 Å². The van der Waals surface area contributed by atoms with E-state index in [-0.39, 0.29) is 0 Å². The van der Waals surface area contributed by atoms with Gasteiger partial charge in [-0.05, 0) is 12.6 Å². The monoisotopic (exact) mass is 225 g/mol. The summed E-state index contributed by atoms with van der Waals surface area (Å²) in [5.74, 6) is 2.14. The van der Waals surface area contributed by atoms with Crippen LogP contribution in [0.3, 0.4) is 0 Å². The minimum atomic E-state index is 0.438. The van der Waals surface area contributed by atoms with Gasteiger partial charge in [0.05, 0.1) is 6.61 Å². The van der Waals surface area contributed by atoms with E-state index in [1.807, 2.05) is 24.9 Å². The largest absolute Gasteiger partial charge is 0.384 e. The Labute approximate surface area is 96.4 Å².